The third-order valence-corrected chi connectivity index (χ3v) is 4.08. The average Bonchev–Trinajstić information content (AvgIpc) is 3.22. The first kappa shape index (κ1) is 12.3. The molecule has 0 aromatic heterocycles. The molecular formula is C15H21N3O. The number of nitrogen functional groups attached to an aromatic ring is 1. The van der Waals surface area contributed by atoms with Crippen molar-refractivity contribution in [3.8, 4) is 0 Å². The molecule has 102 valence electrons. The number of nitrogens with zero attached hydrogens (tertiary/aromatic N) is 2. The molecule has 1 aromatic rings. The van der Waals surface area contributed by atoms with E-state index in [4.69, 9.17) is 5.73 Å². The number of aryl methyl sites for hydroxylation is 1. The van der Waals surface area contributed by atoms with E-state index < -0.39 is 0 Å². The van der Waals surface area contributed by atoms with Gasteiger partial charge in [0.05, 0.1) is 0 Å². The standard InChI is InChI=1S/C15H21N3O/c1-11-10-13(16)4-5-14(11)17-6-8-18(9-7-17)15(19)12-2-3-12/h4-5,10,12H,2-3,6-9,16H2,1H3. The highest BCUT2D eigenvalue weighted by molar-refractivity contribution is 5.81. The van der Waals surface area contributed by atoms with Gasteiger partial charge in [0.25, 0.3) is 0 Å². The van der Waals surface area contributed by atoms with Crippen LogP contribution >= 0.6 is 0 Å². The second-order valence-electron chi connectivity index (χ2n) is 5.63. The molecule has 0 unspecified atom stereocenters. The lowest BCUT2D eigenvalue weighted by Gasteiger charge is -2.37. The van der Waals surface area contributed by atoms with Crippen LogP contribution in [0.15, 0.2) is 18.2 Å². The summed E-state index contributed by atoms with van der Waals surface area (Å²) in [5.74, 6) is 0.707. The molecule has 2 N–H and O–H groups in total. The number of piperazine rings is 1. The SMILES string of the molecule is Cc1cc(N)ccc1N1CCN(C(=O)C2CC2)CC1. The van der Waals surface area contributed by atoms with Gasteiger partial charge in [0.2, 0.25) is 5.91 Å². The first-order valence-corrected chi connectivity index (χ1v) is 7.05. The summed E-state index contributed by atoms with van der Waals surface area (Å²) in [7, 11) is 0. The van der Waals surface area contributed by atoms with Crippen molar-refractivity contribution in [2.45, 2.75) is 19.8 Å². The number of anilines is 2. The van der Waals surface area contributed by atoms with E-state index in [9.17, 15) is 4.79 Å². The minimum atomic E-state index is 0.338. The van der Waals surface area contributed by atoms with Crippen LogP contribution in [0.1, 0.15) is 18.4 Å². The number of carbonyl (C=O) groups excluding carboxylic acids is 1. The van der Waals surface area contributed by atoms with E-state index in [0.717, 1.165) is 44.7 Å². The Morgan fingerprint density at radius 2 is 1.89 bits per heavy atom. The van der Waals surface area contributed by atoms with Crippen LogP contribution in [0.4, 0.5) is 11.4 Å². The van der Waals surface area contributed by atoms with Gasteiger partial charge in [-0.1, -0.05) is 0 Å². The number of nitrogens with two attached hydrogens (primary N) is 1. The molecule has 2 aliphatic rings. The molecule has 0 bridgehead atoms. The molecule has 0 atom stereocenters. The lowest BCUT2D eigenvalue weighted by atomic mass is 10.1. The van der Waals surface area contributed by atoms with Crippen molar-refractivity contribution >= 4 is 17.3 Å². The van der Waals surface area contributed by atoms with Gasteiger partial charge < -0.3 is 15.5 Å². The van der Waals surface area contributed by atoms with E-state index in [1.165, 1.54) is 11.3 Å². The minimum absolute atomic E-state index is 0.338. The smallest absolute Gasteiger partial charge is 0.225 e. The number of rotatable bonds is 2. The summed E-state index contributed by atoms with van der Waals surface area (Å²) in [4.78, 5) is 16.4. The number of benzene rings is 1. The molecular weight excluding hydrogens is 238 g/mol. The highest BCUT2D eigenvalue weighted by Gasteiger charge is 2.34. The monoisotopic (exact) mass is 259 g/mol. The van der Waals surface area contributed by atoms with Crippen molar-refractivity contribution in [3.63, 3.8) is 0 Å². The number of hydrogen-bond acceptors (Lipinski definition) is 3. The van der Waals surface area contributed by atoms with Gasteiger partial charge in [-0.25, -0.2) is 0 Å². The molecule has 4 nitrogen and oxygen atoms in total. The molecule has 0 spiro atoms. The quantitative estimate of drug-likeness (QED) is 0.821. The van der Waals surface area contributed by atoms with Crippen LogP contribution in [-0.4, -0.2) is 37.0 Å². The Morgan fingerprint density at radius 3 is 2.47 bits per heavy atom. The van der Waals surface area contributed by atoms with Crippen molar-refractivity contribution in [2.24, 2.45) is 5.92 Å². The van der Waals surface area contributed by atoms with Crippen LogP contribution in [0.3, 0.4) is 0 Å². The molecule has 1 saturated carbocycles. The van der Waals surface area contributed by atoms with Crippen LogP contribution < -0.4 is 10.6 Å². The summed E-state index contributed by atoms with van der Waals surface area (Å²) in [5, 5.41) is 0. The molecule has 0 radical (unpaired) electrons. The molecule has 1 aliphatic carbocycles. The Bertz CT molecular complexity index is 488. The first-order chi connectivity index (χ1) is 9.15. The lowest BCUT2D eigenvalue weighted by Crippen LogP contribution is -2.49. The highest BCUT2D eigenvalue weighted by Crippen LogP contribution is 2.31. The molecule has 1 saturated heterocycles. The molecule has 1 amide bonds. The van der Waals surface area contributed by atoms with Crippen LogP contribution in [-0.2, 0) is 4.79 Å². The molecule has 1 aliphatic heterocycles. The van der Waals surface area contributed by atoms with Gasteiger partial charge >= 0.3 is 0 Å². The van der Waals surface area contributed by atoms with Crippen LogP contribution in [0.2, 0.25) is 0 Å². The van der Waals surface area contributed by atoms with E-state index in [1.54, 1.807) is 0 Å². The Balaban J connectivity index is 1.64. The third-order valence-electron chi connectivity index (χ3n) is 4.08. The van der Waals surface area contributed by atoms with Gasteiger partial charge in [0.15, 0.2) is 0 Å². The van der Waals surface area contributed by atoms with Crippen molar-refractivity contribution in [1.82, 2.24) is 4.90 Å². The predicted molar refractivity (Wildman–Crippen MR) is 77.1 cm³/mol. The number of hydrogen-bond donors (Lipinski definition) is 1. The van der Waals surface area contributed by atoms with Crippen LogP contribution in [0.25, 0.3) is 0 Å². The molecule has 4 heteroatoms. The molecule has 19 heavy (non-hydrogen) atoms. The fourth-order valence-corrected chi connectivity index (χ4v) is 2.79. The summed E-state index contributed by atoms with van der Waals surface area (Å²) in [5.41, 5.74) is 9.05. The van der Waals surface area contributed by atoms with E-state index >= 15 is 0 Å². The normalized spacial score (nSPS) is 19.6. The van der Waals surface area contributed by atoms with Crippen LogP contribution in [0, 0.1) is 12.8 Å². The number of carbonyl (C=O) groups is 1. The second-order valence-corrected chi connectivity index (χ2v) is 5.63. The Morgan fingerprint density at radius 1 is 1.21 bits per heavy atom. The first-order valence-electron chi connectivity index (χ1n) is 7.05. The van der Waals surface area contributed by atoms with Crippen molar-refractivity contribution < 1.29 is 4.79 Å². The summed E-state index contributed by atoms with van der Waals surface area (Å²) < 4.78 is 0. The van der Waals surface area contributed by atoms with Crippen molar-refractivity contribution in [2.75, 3.05) is 36.8 Å². The minimum Gasteiger partial charge on any atom is -0.399 e. The van der Waals surface area contributed by atoms with Gasteiger partial charge in [-0.05, 0) is 43.5 Å². The maximum absolute atomic E-state index is 12.0. The number of amides is 1. The lowest BCUT2D eigenvalue weighted by molar-refractivity contribution is -0.132. The zero-order valence-electron chi connectivity index (χ0n) is 11.4. The highest BCUT2D eigenvalue weighted by atomic mass is 16.2. The zero-order valence-corrected chi connectivity index (χ0v) is 11.4. The molecule has 1 heterocycles. The third kappa shape index (κ3) is 2.53. The Kier molecular flexibility index (Phi) is 3.09. The maximum Gasteiger partial charge on any atom is 0.225 e. The fourth-order valence-electron chi connectivity index (χ4n) is 2.79. The van der Waals surface area contributed by atoms with E-state index in [1.807, 2.05) is 17.0 Å². The Labute approximate surface area is 114 Å². The largest absolute Gasteiger partial charge is 0.399 e. The molecule has 2 fully saturated rings. The van der Waals surface area contributed by atoms with Gasteiger partial charge in [-0.3, -0.25) is 4.79 Å². The van der Waals surface area contributed by atoms with Crippen molar-refractivity contribution in [3.05, 3.63) is 23.8 Å². The van der Waals surface area contributed by atoms with Gasteiger partial charge in [0, 0.05) is 43.5 Å². The van der Waals surface area contributed by atoms with E-state index in [2.05, 4.69) is 17.9 Å². The van der Waals surface area contributed by atoms with Crippen molar-refractivity contribution in [1.29, 1.82) is 0 Å². The topological polar surface area (TPSA) is 49.6 Å². The van der Waals surface area contributed by atoms with E-state index in [-0.39, 0.29) is 0 Å². The predicted octanol–water partition coefficient (Wildman–Crippen LogP) is 1.64. The zero-order chi connectivity index (χ0) is 13.4. The van der Waals surface area contributed by atoms with Crippen LogP contribution in [0.5, 0.6) is 0 Å². The Hall–Kier alpha value is -1.71. The van der Waals surface area contributed by atoms with E-state index in [0.29, 0.717) is 11.8 Å². The summed E-state index contributed by atoms with van der Waals surface area (Å²) in [6, 6.07) is 6.05. The van der Waals surface area contributed by atoms with Gasteiger partial charge in [-0.2, -0.15) is 0 Å². The summed E-state index contributed by atoms with van der Waals surface area (Å²) in [6.07, 6.45) is 2.19. The maximum atomic E-state index is 12.0. The molecule has 1 aromatic carbocycles. The van der Waals surface area contributed by atoms with Gasteiger partial charge in [0.1, 0.15) is 0 Å². The van der Waals surface area contributed by atoms with Gasteiger partial charge in [-0.15, -0.1) is 0 Å². The molecule has 3 rings (SSSR count). The summed E-state index contributed by atoms with van der Waals surface area (Å²) in [6.45, 7) is 5.62. The average molecular weight is 259 g/mol. The second kappa shape index (κ2) is 4.76. The fraction of sp³-hybridized carbons (Fsp3) is 0.533. The summed E-state index contributed by atoms with van der Waals surface area (Å²) >= 11 is 0.